The van der Waals surface area contributed by atoms with Crippen molar-refractivity contribution >= 4 is 24.3 Å². The molecular formula is C17H26N6O2. The molecule has 1 amide bonds. The van der Waals surface area contributed by atoms with Crippen molar-refractivity contribution in [2.24, 2.45) is 15.9 Å². The minimum absolute atomic E-state index is 0.305. The second-order valence-corrected chi connectivity index (χ2v) is 6.52. The second-order valence-electron chi connectivity index (χ2n) is 6.52. The molecule has 25 heavy (non-hydrogen) atoms. The van der Waals surface area contributed by atoms with E-state index in [1.807, 2.05) is 15.8 Å². The van der Waals surface area contributed by atoms with Gasteiger partial charge in [-0.3, -0.25) is 9.48 Å². The van der Waals surface area contributed by atoms with Crippen molar-refractivity contribution < 1.29 is 9.53 Å². The summed E-state index contributed by atoms with van der Waals surface area (Å²) in [5.74, 6) is 1.11. The van der Waals surface area contributed by atoms with Gasteiger partial charge in [-0.2, -0.15) is 5.10 Å². The van der Waals surface area contributed by atoms with E-state index < -0.39 is 0 Å². The van der Waals surface area contributed by atoms with Crippen molar-refractivity contribution in [1.29, 1.82) is 0 Å². The fourth-order valence-corrected chi connectivity index (χ4v) is 3.04. The summed E-state index contributed by atoms with van der Waals surface area (Å²) in [4.78, 5) is 22.3. The zero-order valence-electron chi connectivity index (χ0n) is 14.7. The number of ether oxygens (including phenoxy) is 1. The van der Waals surface area contributed by atoms with Gasteiger partial charge in [0.25, 0.3) is 0 Å². The van der Waals surface area contributed by atoms with E-state index in [9.17, 15) is 4.79 Å². The van der Waals surface area contributed by atoms with E-state index in [4.69, 9.17) is 4.74 Å². The third-order valence-electron chi connectivity index (χ3n) is 4.64. The molecule has 1 aromatic rings. The molecular weight excluding hydrogens is 320 g/mol. The van der Waals surface area contributed by atoms with E-state index in [2.05, 4.69) is 27.1 Å². The van der Waals surface area contributed by atoms with Crippen LogP contribution in [0, 0.1) is 5.92 Å². The summed E-state index contributed by atoms with van der Waals surface area (Å²) in [6.07, 6.45) is 7.73. The minimum atomic E-state index is 0.305. The Morgan fingerprint density at radius 3 is 2.80 bits per heavy atom. The van der Waals surface area contributed by atoms with Gasteiger partial charge in [0.2, 0.25) is 11.9 Å². The number of hydrogen-bond donors (Lipinski definition) is 1. The van der Waals surface area contributed by atoms with Crippen LogP contribution in [0.25, 0.3) is 0 Å². The molecule has 0 aromatic carbocycles. The normalized spacial score (nSPS) is 19.1. The highest BCUT2D eigenvalue weighted by atomic mass is 16.5. The zero-order valence-corrected chi connectivity index (χ0v) is 14.7. The molecule has 1 saturated heterocycles. The van der Waals surface area contributed by atoms with Gasteiger partial charge in [0.15, 0.2) is 0 Å². The fraction of sp³-hybridized carbons (Fsp3) is 0.647. The lowest BCUT2D eigenvalue weighted by Gasteiger charge is -2.32. The first-order chi connectivity index (χ1) is 12.2. The standard InChI is InChI=1S/C17H26N6O2/c1-18-17(19-7-10-25-2)21-14-11-20-23(12-14)15-5-8-22(9-6-15)16(24)13-3-4-13/h11-13,15H,1,3-10H2,2H3,(H,19,21). The van der Waals surface area contributed by atoms with E-state index in [0.717, 1.165) is 44.5 Å². The van der Waals surface area contributed by atoms with Crippen LogP contribution in [0.15, 0.2) is 22.4 Å². The van der Waals surface area contributed by atoms with Crippen LogP contribution in [0.2, 0.25) is 0 Å². The molecule has 8 heteroatoms. The maximum atomic E-state index is 12.1. The summed E-state index contributed by atoms with van der Waals surface area (Å²) in [6.45, 7) is 6.23. The molecule has 2 fully saturated rings. The number of nitrogens with zero attached hydrogens (tertiary/aromatic N) is 5. The van der Waals surface area contributed by atoms with Crippen molar-refractivity contribution in [2.45, 2.75) is 31.7 Å². The van der Waals surface area contributed by atoms with Crippen molar-refractivity contribution in [3.8, 4) is 0 Å². The first kappa shape index (κ1) is 17.6. The fourth-order valence-electron chi connectivity index (χ4n) is 3.04. The smallest absolute Gasteiger partial charge is 0.225 e. The topological polar surface area (TPSA) is 84.1 Å². The second kappa shape index (κ2) is 8.24. The average molecular weight is 346 g/mol. The van der Waals surface area contributed by atoms with Gasteiger partial charge in [0, 0.05) is 32.3 Å². The Bertz CT molecular complexity index is 629. The number of nitrogens with one attached hydrogen (secondary N) is 1. The SMILES string of the molecule is C=N/C(=N\CCOC)Nc1cnn(C2CCN(C(=O)C3CC3)CC2)c1. The molecule has 1 aliphatic heterocycles. The highest BCUT2D eigenvalue weighted by Gasteiger charge is 2.35. The van der Waals surface area contributed by atoms with Crippen LogP contribution in [-0.2, 0) is 9.53 Å². The van der Waals surface area contributed by atoms with Gasteiger partial charge in [-0.1, -0.05) is 0 Å². The Balaban J connectivity index is 1.52. The molecule has 1 N–H and O–H groups in total. The van der Waals surface area contributed by atoms with Crippen molar-refractivity contribution in [2.75, 3.05) is 38.7 Å². The molecule has 1 aliphatic carbocycles. The number of methoxy groups -OCH3 is 1. The number of likely N-dealkylation sites (tertiary alicyclic amines) is 1. The van der Waals surface area contributed by atoms with E-state index in [-0.39, 0.29) is 0 Å². The Hall–Kier alpha value is -2.22. The van der Waals surface area contributed by atoms with Crippen LogP contribution < -0.4 is 5.32 Å². The monoisotopic (exact) mass is 346 g/mol. The summed E-state index contributed by atoms with van der Waals surface area (Å²) < 4.78 is 6.94. The van der Waals surface area contributed by atoms with Crippen LogP contribution in [0.5, 0.6) is 0 Å². The van der Waals surface area contributed by atoms with Crippen LogP contribution in [0.4, 0.5) is 5.69 Å². The summed E-state index contributed by atoms with van der Waals surface area (Å²) in [7, 11) is 1.64. The first-order valence-electron chi connectivity index (χ1n) is 8.81. The lowest BCUT2D eigenvalue weighted by Crippen LogP contribution is -2.39. The van der Waals surface area contributed by atoms with Gasteiger partial charge < -0.3 is 15.0 Å². The van der Waals surface area contributed by atoms with Gasteiger partial charge in [-0.15, -0.1) is 0 Å². The number of rotatable bonds is 6. The summed E-state index contributed by atoms with van der Waals surface area (Å²) >= 11 is 0. The molecule has 0 radical (unpaired) electrons. The molecule has 0 atom stereocenters. The molecule has 1 saturated carbocycles. The number of carbonyl (C=O) groups excluding carboxylic acids is 1. The number of piperidine rings is 1. The predicted molar refractivity (Wildman–Crippen MR) is 97.2 cm³/mol. The number of hydrogen-bond acceptors (Lipinski definition) is 4. The molecule has 0 bridgehead atoms. The summed E-state index contributed by atoms with van der Waals surface area (Å²) in [5, 5.41) is 7.56. The zero-order chi connectivity index (χ0) is 17.6. The number of aromatic nitrogens is 2. The van der Waals surface area contributed by atoms with Crippen molar-refractivity contribution in [3.05, 3.63) is 12.4 Å². The van der Waals surface area contributed by atoms with Gasteiger partial charge >= 0.3 is 0 Å². The molecule has 0 unspecified atom stereocenters. The Kier molecular flexibility index (Phi) is 5.80. The van der Waals surface area contributed by atoms with Gasteiger partial charge in [-0.05, 0) is 32.4 Å². The van der Waals surface area contributed by atoms with Crippen LogP contribution in [0.3, 0.4) is 0 Å². The molecule has 1 aromatic heterocycles. The number of amides is 1. The van der Waals surface area contributed by atoms with E-state index >= 15 is 0 Å². The Morgan fingerprint density at radius 1 is 1.40 bits per heavy atom. The highest BCUT2D eigenvalue weighted by molar-refractivity contribution is 5.96. The molecule has 0 spiro atoms. The van der Waals surface area contributed by atoms with Gasteiger partial charge in [0.1, 0.15) is 0 Å². The van der Waals surface area contributed by atoms with Crippen LogP contribution >= 0.6 is 0 Å². The molecule has 8 nitrogen and oxygen atoms in total. The quantitative estimate of drug-likeness (QED) is 0.481. The maximum absolute atomic E-state index is 12.1. The lowest BCUT2D eigenvalue weighted by atomic mass is 10.0. The number of carbonyl (C=O) groups is 1. The number of anilines is 1. The molecule has 2 aliphatic rings. The number of guanidine groups is 1. The Labute approximate surface area is 148 Å². The minimum Gasteiger partial charge on any atom is -0.383 e. The van der Waals surface area contributed by atoms with E-state index in [1.54, 1.807) is 13.3 Å². The van der Waals surface area contributed by atoms with Gasteiger partial charge in [0.05, 0.1) is 31.1 Å². The lowest BCUT2D eigenvalue weighted by molar-refractivity contribution is -0.133. The Morgan fingerprint density at radius 2 is 2.16 bits per heavy atom. The van der Waals surface area contributed by atoms with Gasteiger partial charge in [-0.25, -0.2) is 9.98 Å². The average Bonchev–Trinajstić information content (AvgIpc) is 3.39. The van der Waals surface area contributed by atoms with Crippen molar-refractivity contribution in [1.82, 2.24) is 14.7 Å². The molecule has 136 valence electrons. The van der Waals surface area contributed by atoms with Crippen LogP contribution in [-0.4, -0.2) is 66.6 Å². The van der Waals surface area contributed by atoms with E-state index in [0.29, 0.717) is 37.0 Å². The predicted octanol–water partition coefficient (Wildman–Crippen LogP) is 1.57. The third-order valence-corrected chi connectivity index (χ3v) is 4.64. The van der Waals surface area contributed by atoms with Crippen molar-refractivity contribution in [3.63, 3.8) is 0 Å². The van der Waals surface area contributed by atoms with E-state index in [1.165, 1.54) is 0 Å². The largest absolute Gasteiger partial charge is 0.383 e. The summed E-state index contributed by atoms with van der Waals surface area (Å²) in [6, 6.07) is 0.323. The third kappa shape index (κ3) is 4.66. The maximum Gasteiger partial charge on any atom is 0.225 e. The number of aliphatic imine (C=N–C) groups is 2. The molecule has 3 rings (SSSR count). The highest BCUT2D eigenvalue weighted by Crippen LogP contribution is 2.33. The first-order valence-corrected chi connectivity index (χ1v) is 8.81. The summed E-state index contributed by atoms with van der Waals surface area (Å²) in [5.41, 5.74) is 0.833. The van der Waals surface area contributed by atoms with Crippen LogP contribution in [0.1, 0.15) is 31.7 Å². The molecule has 2 heterocycles.